The highest BCUT2D eigenvalue weighted by atomic mass is 16.4. The summed E-state index contributed by atoms with van der Waals surface area (Å²) < 4.78 is 0. The highest BCUT2D eigenvalue weighted by Crippen LogP contribution is 2.20. The molecular weight excluding hydrogens is 270 g/mol. The van der Waals surface area contributed by atoms with Crippen molar-refractivity contribution in [3.63, 3.8) is 0 Å². The number of aliphatic carboxylic acids is 1. The van der Waals surface area contributed by atoms with Gasteiger partial charge in [0.05, 0.1) is 0 Å². The summed E-state index contributed by atoms with van der Waals surface area (Å²) in [6.07, 6.45) is 1.09. The highest BCUT2D eigenvalue weighted by molar-refractivity contribution is 5.83. The highest BCUT2D eigenvalue weighted by Gasteiger charge is 2.34. The maximum atomic E-state index is 12.2. The molecule has 0 bridgehead atoms. The summed E-state index contributed by atoms with van der Waals surface area (Å²) in [7, 11) is 0. The predicted octanol–water partition coefficient (Wildman–Crippen LogP) is 1.61. The van der Waals surface area contributed by atoms with Gasteiger partial charge in [-0.25, -0.2) is 9.59 Å². The average Bonchev–Trinajstić information content (AvgIpc) is 2.42. The third-order valence-corrected chi connectivity index (χ3v) is 4.20. The first-order valence-corrected chi connectivity index (χ1v) is 7.69. The van der Waals surface area contributed by atoms with Crippen LogP contribution in [0.25, 0.3) is 0 Å². The number of carboxylic acid groups (broad SMARTS) is 1. The summed E-state index contributed by atoms with van der Waals surface area (Å²) in [5, 5.41) is 11.9. The van der Waals surface area contributed by atoms with Crippen LogP contribution in [0.3, 0.4) is 0 Å². The van der Waals surface area contributed by atoms with Gasteiger partial charge in [0.2, 0.25) is 0 Å². The quantitative estimate of drug-likeness (QED) is 0.827. The lowest BCUT2D eigenvalue weighted by Crippen LogP contribution is -2.58. The summed E-state index contributed by atoms with van der Waals surface area (Å²) in [6, 6.07) is -0.629. The van der Waals surface area contributed by atoms with E-state index >= 15 is 0 Å². The first kappa shape index (κ1) is 17.8. The van der Waals surface area contributed by atoms with Gasteiger partial charge in [0, 0.05) is 32.2 Å². The zero-order valence-corrected chi connectivity index (χ0v) is 13.8. The lowest BCUT2D eigenvalue weighted by atomic mass is 9.87. The molecule has 1 saturated heterocycles. The van der Waals surface area contributed by atoms with Crippen LogP contribution in [0.2, 0.25) is 0 Å². The summed E-state index contributed by atoms with van der Waals surface area (Å²) in [4.78, 5) is 27.6. The molecule has 0 aromatic rings. The molecule has 2 amide bonds. The Labute approximate surface area is 127 Å². The second kappa shape index (κ2) is 7.11. The third-order valence-electron chi connectivity index (χ3n) is 4.20. The number of nitrogens with one attached hydrogen (secondary N) is 1. The number of rotatable bonds is 4. The number of amides is 2. The minimum atomic E-state index is -0.992. The van der Waals surface area contributed by atoms with E-state index in [1.807, 2.05) is 20.8 Å². The Kier molecular flexibility index (Phi) is 6.01. The van der Waals surface area contributed by atoms with Crippen LogP contribution in [0, 0.1) is 5.41 Å². The standard InChI is InChI=1S/C15H29N3O3/c1-6-11(2)17-7-9-18(10-8-17)14(21)16-12(13(19)20)15(3,4)5/h11-12H,6-10H2,1-5H3,(H,16,21)(H,19,20). The van der Waals surface area contributed by atoms with Crippen LogP contribution < -0.4 is 5.32 Å². The van der Waals surface area contributed by atoms with E-state index < -0.39 is 17.4 Å². The Morgan fingerprint density at radius 3 is 2.10 bits per heavy atom. The van der Waals surface area contributed by atoms with Gasteiger partial charge in [-0.15, -0.1) is 0 Å². The van der Waals surface area contributed by atoms with Gasteiger partial charge < -0.3 is 15.3 Å². The number of nitrogens with zero attached hydrogens (tertiary/aromatic N) is 2. The Balaban J connectivity index is 2.56. The molecule has 1 aliphatic heterocycles. The lowest BCUT2D eigenvalue weighted by Gasteiger charge is -2.39. The second-order valence-electron chi connectivity index (χ2n) is 6.87. The average molecular weight is 299 g/mol. The molecule has 2 atom stereocenters. The fourth-order valence-electron chi connectivity index (χ4n) is 2.49. The molecule has 6 nitrogen and oxygen atoms in total. The van der Waals surface area contributed by atoms with E-state index in [1.54, 1.807) is 4.90 Å². The maximum absolute atomic E-state index is 12.2. The number of hydrogen-bond donors (Lipinski definition) is 2. The van der Waals surface area contributed by atoms with Gasteiger partial charge in [-0.1, -0.05) is 27.7 Å². The number of hydrogen-bond acceptors (Lipinski definition) is 3. The van der Waals surface area contributed by atoms with E-state index in [4.69, 9.17) is 0 Å². The lowest BCUT2D eigenvalue weighted by molar-refractivity contribution is -0.142. The van der Waals surface area contributed by atoms with E-state index in [1.165, 1.54) is 0 Å². The number of urea groups is 1. The Bertz CT molecular complexity index is 371. The van der Waals surface area contributed by atoms with Crippen LogP contribution in [0.5, 0.6) is 0 Å². The largest absolute Gasteiger partial charge is 0.480 e. The minimum Gasteiger partial charge on any atom is -0.480 e. The minimum absolute atomic E-state index is 0.277. The molecule has 1 aliphatic rings. The molecule has 0 aromatic carbocycles. The molecule has 1 heterocycles. The molecule has 6 heteroatoms. The normalized spacial score (nSPS) is 20.0. The van der Waals surface area contributed by atoms with Gasteiger partial charge >= 0.3 is 12.0 Å². The van der Waals surface area contributed by atoms with Crippen molar-refractivity contribution in [2.45, 2.75) is 53.1 Å². The molecule has 0 radical (unpaired) electrons. The monoisotopic (exact) mass is 299 g/mol. The topological polar surface area (TPSA) is 72.9 Å². The molecule has 2 unspecified atom stereocenters. The molecule has 0 aliphatic carbocycles. The van der Waals surface area contributed by atoms with Gasteiger partial charge in [-0.2, -0.15) is 0 Å². The van der Waals surface area contributed by atoms with Crippen LogP contribution in [0.1, 0.15) is 41.0 Å². The summed E-state index contributed by atoms with van der Waals surface area (Å²) >= 11 is 0. The Hall–Kier alpha value is -1.30. The Morgan fingerprint density at radius 1 is 1.19 bits per heavy atom. The first-order chi connectivity index (χ1) is 9.66. The van der Waals surface area contributed by atoms with Gasteiger partial charge in [-0.05, 0) is 18.8 Å². The van der Waals surface area contributed by atoms with Crippen molar-refractivity contribution in [3.8, 4) is 0 Å². The van der Waals surface area contributed by atoms with Crippen LogP contribution in [0.15, 0.2) is 0 Å². The van der Waals surface area contributed by atoms with Crippen LogP contribution in [-0.4, -0.2) is 65.2 Å². The number of carbonyl (C=O) groups excluding carboxylic acids is 1. The molecule has 2 N–H and O–H groups in total. The van der Waals surface area contributed by atoms with E-state index in [0.29, 0.717) is 19.1 Å². The number of carbonyl (C=O) groups is 2. The van der Waals surface area contributed by atoms with Crippen LogP contribution in [-0.2, 0) is 4.79 Å². The molecule has 0 aromatic heterocycles. The molecule has 1 rings (SSSR count). The fourth-order valence-corrected chi connectivity index (χ4v) is 2.49. The van der Waals surface area contributed by atoms with Crippen molar-refractivity contribution >= 4 is 12.0 Å². The molecular formula is C15H29N3O3. The molecule has 21 heavy (non-hydrogen) atoms. The smallest absolute Gasteiger partial charge is 0.326 e. The van der Waals surface area contributed by atoms with Gasteiger partial charge in [0.25, 0.3) is 0 Å². The summed E-state index contributed by atoms with van der Waals surface area (Å²) in [6.45, 7) is 12.8. The van der Waals surface area contributed by atoms with Crippen molar-refractivity contribution in [2.24, 2.45) is 5.41 Å². The molecule has 122 valence electrons. The van der Waals surface area contributed by atoms with E-state index in [-0.39, 0.29) is 6.03 Å². The van der Waals surface area contributed by atoms with E-state index in [9.17, 15) is 14.7 Å². The summed E-state index contributed by atoms with van der Waals surface area (Å²) in [5.74, 6) is -0.992. The molecule has 0 saturated carbocycles. The summed E-state index contributed by atoms with van der Waals surface area (Å²) in [5.41, 5.74) is -0.514. The van der Waals surface area contributed by atoms with Crippen molar-refractivity contribution in [3.05, 3.63) is 0 Å². The van der Waals surface area contributed by atoms with Crippen molar-refractivity contribution in [2.75, 3.05) is 26.2 Å². The second-order valence-corrected chi connectivity index (χ2v) is 6.87. The molecule has 0 spiro atoms. The number of piperazine rings is 1. The van der Waals surface area contributed by atoms with Crippen molar-refractivity contribution in [1.29, 1.82) is 0 Å². The van der Waals surface area contributed by atoms with Crippen molar-refractivity contribution < 1.29 is 14.7 Å². The fraction of sp³-hybridized carbons (Fsp3) is 0.867. The van der Waals surface area contributed by atoms with Crippen LogP contribution >= 0.6 is 0 Å². The van der Waals surface area contributed by atoms with Crippen molar-refractivity contribution in [1.82, 2.24) is 15.1 Å². The zero-order valence-electron chi connectivity index (χ0n) is 13.8. The maximum Gasteiger partial charge on any atom is 0.326 e. The predicted molar refractivity (Wildman–Crippen MR) is 82.3 cm³/mol. The Morgan fingerprint density at radius 2 is 1.71 bits per heavy atom. The third kappa shape index (κ3) is 4.88. The number of carboxylic acids is 1. The SMILES string of the molecule is CCC(C)N1CCN(C(=O)NC(C(=O)O)C(C)(C)C)CC1. The van der Waals surface area contributed by atoms with Crippen LogP contribution in [0.4, 0.5) is 4.79 Å². The zero-order chi connectivity index (χ0) is 16.2. The van der Waals surface area contributed by atoms with Gasteiger partial charge in [0.15, 0.2) is 0 Å². The molecule has 1 fully saturated rings. The first-order valence-electron chi connectivity index (χ1n) is 7.69. The van der Waals surface area contributed by atoms with Gasteiger partial charge in [0.1, 0.15) is 6.04 Å². The van der Waals surface area contributed by atoms with E-state index in [2.05, 4.69) is 24.1 Å². The van der Waals surface area contributed by atoms with E-state index in [0.717, 1.165) is 19.5 Å². The van der Waals surface area contributed by atoms with Gasteiger partial charge in [-0.3, -0.25) is 4.90 Å².